The van der Waals surface area contributed by atoms with Gasteiger partial charge in [-0.25, -0.2) is 0 Å². The standard InChI is InChI=1S/C12H20N2O/c1-14(9-3-2-4-10-15)12-7-5-11(13)6-8-12/h5-8,15H,2-4,9-10,13H2,1H3. The lowest BCUT2D eigenvalue weighted by Gasteiger charge is -2.19. The van der Waals surface area contributed by atoms with Gasteiger partial charge in [0, 0.05) is 31.6 Å². The van der Waals surface area contributed by atoms with Crippen LogP contribution in [0.4, 0.5) is 11.4 Å². The first-order valence-corrected chi connectivity index (χ1v) is 5.41. The van der Waals surface area contributed by atoms with Gasteiger partial charge < -0.3 is 15.7 Å². The zero-order chi connectivity index (χ0) is 11.1. The van der Waals surface area contributed by atoms with Crippen LogP contribution in [0.15, 0.2) is 24.3 Å². The second kappa shape index (κ2) is 6.30. The summed E-state index contributed by atoms with van der Waals surface area (Å²) in [4.78, 5) is 2.21. The van der Waals surface area contributed by atoms with E-state index < -0.39 is 0 Å². The van der Waals surface area contributed by atoms with Crippen LogP contribution in [0, 0.1) is 0 Å². The molecule has 3 nitrogen and oxygen atoms in total. The first-order valence-electron chi connectivity index (χ1n) is 5.41. The molecule has 0 fully saturated rings. The van der Waals surface area contributed by atoms with Crippen LogP contribution in [-0.4, -0.2) is 25.3 Å². The first-order chi connectivity index (χ1) is 7.24. The summed E-state index contributed by atoms with van der Waals surface area (Å²) in [6.45, 7) is 1.31. The highest BCUT2D eigenvalue weighted by atomic mass is 16.2. The maximum Gasteiger partial charge on any atom is 0.0431 e. The fourth-order valence-electron chi connectivity index (χ4n) is 1.50. The molecule has 0 unspecified atom stereocenters. The summed E-state index contributed by atoms with van der Waals surface area (Å²) >= 11 is 0. The second-order valence-corrected chi connectivity index (χ2v) is 3.80. The van der Waals surface area contributed by atoms with Crippen LogP contribution < -0.4 is 10.6 Å². The van der Waals surface area contributed by atoms with Crippen LogP contribution in [-0.2, 0) is 0 Å². The minimum atomic E-state index is 0.297. The Morgan fingerprint density at radius 1 is 1.13 bits per heavy atom. The van der Waals surface area contributed by atoms with Crippen molar-refractivity contribution >= 4 is 11.4 Å². The Morgan fingerprint density at radius 3 is 2.40 bits per heavy atom. The van der Waals surface area contributed by atoms with Gasteiger partial charge in [-0.2, -0.15) is 0 Å². The number of unbranched alkanes of at least 4 members (excludes halogenated alkanes) is 2. The molecule has 0 aromatic heterocycles. The molecule has 0 saturated carbocycles. The Labute approximate surface area is 91.5 Å². The average Bonchev–Trinajstić information content (AvgIpc) is 2.25. The normalized spacial score (nSPS) is 10.3. The maximum atomic E-state index is 8.65. The summed E-state index contributed by atoms with van der Waals surface area (Å²) in [5.41, 5.74) is 7.61. The average molecular weight is 208 g/mol. The van der Waals surface area contributed by atoms with E-state index >= 15 is 0 Å². The van der Waals surface area contributed by atoms with Crippen LogP contribution in [0.3, 0.4) is 0 Å². The molecule has 0 spiro atoms. The van der Waals surface area contributed by atoms with E-state index in [4.69, 9.17) is 10.8 Å². The topological polar surface area (TPSA) is 49.5 Å². The molecular weight excluding hydrogens is 188 g/mol. The molecule has 0 saturated heterocycles. The summed E-state index contributed by atoms with van der Waals surface area (Å²) in [6, 6.07) is 7.89. The van der Waals surface area contributed by atoms with Gasteiger partial charge in [-0.1, -0.05) is 0 Å². The maximum absolute atomic E-state index is 8.65. The zero-order valence-corrected chi connectivity index (χ0v) is 9.32. The van der Waals surface area contributed by atoms with Crippen LogP contribution in [0.1, 0.15) is 19.3 Å². The number of aliphatic hydroxyl groups excluding tert-OH is 1. The molecule has 0 amide bonds. The zero-order valence-electron chi connectivity index (χ0n) is 9.32. The lowest BCUT2D eigenvalue weighted by atomic mass is 10.2. The lowest BCUT2D eigenvalue weighted by molar-refractivity contribution is 0.283. The van der Waals surface area contributed by atoms with Gasteiger partial charge in [0.1, 0.15) is 0 Å². The summed E-state index contributed by atoms with van der Waals surface area (Å²) in [5, 5.41) is 8.65. The van der Waals surface area contributed by atoms with E-state index in [0.717, 1.165) is 31.5 Å². The fraction of sp³-hybridized carbons (Fsp3) is 0.500. The molecule has 3 N–H and O–H groups in total. The van der Waals surface area contributed by atoms with Crippen molar-refractivity contribution in [3.63, 3.8) is 0 Å². The highest BCUT2D eigenvalue weighted by Crippen LogP contribution is 2.15. The van der Waals surface area contributed by atoms with Gasteiger partial charge in [0.15, 0.2) is 0 Å². The number of hydrogen-bond donors (Lipinski definition) is 2. The quantitative estimate of drug-likeness (QED) is 0.554. The number of nitrogens with two attached hydrogens (primary N) is 1. The Morgan fingerprint density at radius 2 is 1.80 bits per heavy atom. The number of rotatable bonds is 6. The predicted molar refractivity (Wildman–Crippen MR) is 65.1 cm³/mol. The third-order valence-corrected chi connectivity index (χ3v) is 2.49. The van der Waals surface area contributed by atoms with Crippen molar-refractivity contribution in [2.75, 3.05) is 30.8 Å². The highest BCUT2D eigenvalue weighted by molar-refractivity contribution is 5.52. The molecule has 1 aromatic carbocycles. The van der Waals surface area contributed by atoms with Gasteiger partial charge in [-0.3, -0.25) is 0 Å². The molecule has 1 aromatic rings. The molecule has 84 valence electrons. The largest absolute Gasteiger partial charge is 0.399 e. The molecular formula is C12H20N2O. The van der Waals surface area contributed by atoms with Gasteiger partial charge in [0.25, 0.3) is 0 Å². The number of benzene rings is 1. The number of hydrogen-bond acceptors (Lipinski definition) is 3. The monoisotopic (exact) mass is 208 g/mol. The second-order valence-electron chi connectivity index (χ2n) is 3.80. The molecule has 0 heterocycles. The van der Waals surface area contributed by atoms with Gasteiger partial charge in [0.2, 0.25) is 0 Å². The Hall–Kier alpha value is -1.22. The van der Waals surface area contributed by atoms with Gasteiger partial charge in [-0.05, 0) is 43.5 Å². The molecule has 3 heteroatoms. The van der Waals surface area contributed by atoms with E-state index in [2.05, 4.69) is 11.9 Å². The molecule has 0 radical (unpaired) electrons. The Balaban J connectivity index is 2.33. The van der Waals surface area contributed by atoms with Gasteiger partial charge in [0.05, 0.1) is 0 Å². The van der Waals surface area contributed by atoms with E-state index in [1.54, 1.807) is 0 Å². The molecule has 15 heavy (non-hydrogen) atoms. The Kier molecular flexibility index (Phi) is 4.98. The molecule has 0 atom stereocenters. The van der Waals surface area contributed by atoms with Crippen molar-refractivity contribution in [2.45, 2.75) is 19.3 Å². The van der Waals surface area contributed by atoms with Crippen molar-refractivity contribution in [1.82, 2.24) is 0 Å². The first kappa shape index (κ1) is 11.9. The van der Waals surface area contributed by atoms with Crippen LogP contribution in [0.25, 0.3) is 0 Å². The third-order valence-electron chi connectivity index (χ3n) is 2.49. The predicted octanol–water partition coefficient (Wildman–Crippen LogP) is 1.87. The van der Waals surface area contributed by atoms with E-state index in [1.807, 2.05) is 24.3 Å². The van der Waals surface area contributed by atoms with E-state index in [9.17, 15) is 0 Å². The van der Waals surface area contributed by atoms with Crippen molar-refractivity contribution in [3.8, 4) is 0 Å². The summed E-state index contributed by atoms with van der Waals surface area (Å²) in [5.74, 6) is 0. The van der Waals surface area contributed by atoms with Crippen LogP contribution in [0.5, 0.6) is 0 Å². The van der Waals surface area contributed by atoms with Gasteiger partial charge in [-0.15, -0.1) is 0 Å². The van der Waals surface area contributed by atoms with E-state index in [-0.39, 0.29) is 0 Å². The smallest absolute Gasteiger partial charge is 0.0431 e. The minimum Gasteiger partial charge on any atom is -0.399 e. The van der Waals surface area contributed by atoms with Crippen molar-refractivity contribution in [2.24, 2.45) is 0 Å². The molecule has 0 aliphatic heterocycles. The molecule has 0 aliphatic carbocycles. The Bertz CT molecular complexity index is 271. The number of anilines is 2. The van der Waals surface area contributed by atoms with Gasteiger partial charge >= 0.3 is 0 Å². The summed E-state index contributed by atoms with van der Waals surface area (Å²) < 4.78 is 0. The lowest BCUT2D eigenvalue weighted by Crippen LogP contribution is -2.18. The van der Waals surface area contributed by atoms with Crippen LogP contribution in [0.2, 0.25) is 0 Å². The number of nitrogen functional groups attached to an aromatic ring is 1. The molecule has 1 rings (SSSR count). The number of aliphatic hydroxyl groups is 1. The summed E-state index contributed by atoms with van der Waals surface area (Å²) in [6.07, 6.45) is 3.09. The molecule has 0 bridgehead atoms. The van der Waals surface area contributed by atoms with Crippen molar-refractivity contribution in [3.05, 3.63) is 24.3 Å². The highest BCUT2D eigenvalue weighted by Gasteiger charge is 1.99. The van der Waals surface area contributed by atoms with Crippen molar-refractivity contribution in [1.29, 1.82) is 0 Å². The van der Waals surface area contributed by atoms with E-state index in [0.29, 0.717) is 6.61 Å². The van der Waals surface area contributed by atoms with Crippen molar-refractivity contribution < 1.29 is 5.11 Å². The van der Waals surface area contributed by atoms with E-state index in [1.165, 1.54) is 5.69 Å². The SMILES string of the molecule is CN(CCCCCO)c1ccc(N)cc1. The molecule has 0 aliphatic rings. The third kappa shape index (κ3) is 4.21. The summed E-state index contributed by atoms with van der Waals surface area (Å²) in [7, 11) is 2.07. The van der Waals surface area contributed by atoms with Crippen LogP contribution >= 0.6 is 0 Å². The fourth-order valence-corrected chi connectivity index (χ4v) is 1.50. The minimum absolute atomic E-state index is 0.297. The number of nitrogens with zero attached hydrogens (tertiary/aromatic N) is 1.